The van der Waals surface area contributed by atoms with Crippen molar-refractivity contribution in [1.82, 2.24) is 0 Å². The van der Waals surface area contributed by atoms with E-state index in [1.165, 1.54) is 22.0 Å². The minimum Gasteiger partial charge on any atom is -0.127 e. The number of aryl methyl sites for hydroxylation is 2. The Labute approximate surface area is 84.8 Å². The maximum absolute atomic E-state index is 2.34. The average Bonchev–Trinajstić information content (AvgIpc) is 2.09. The number of hydrogen-bond donors (Lipinski definition) is 0. The van der Waals surface area contributed by atoms with Crippen LogP contribution in [0.3, 0.4) is 0 Å². The third kappa shape index (κ3) is 3.05. The summed E-state index contributed by atoms with van der Waals surface area (Å²) in [6.45, 7) is 4.37. The molecule has 0 amide bonds. The van der Waals surface area contributed by atoms with Gasteiger partial charge in [-0.05, 0) is 35.8 Å². The normalized spacial score (nSPS) is 11.5. The first-order chi connectivity index (χ1) is 5.84. The maximum Gasteiger partial charge on any atom is -0.00147 e. The fraction of sp³-hybridized carbons (Fsp3) is 0.364. The Kier molecular flexibility index (Phi) is 4.51. The lowest BCUT2D eigenvalue weighted by molar-refractivity contribution is 1.14. The van der Waals surface area contributed by atoms with E-state index in [4.69, 9.17) is 0 Å². The molecule has 0 spiro atoms. The highest BCUT2D eigenvalue weighted by Crippen LogP contribution is 2.10. The van der Waals surface area contributed by atoms with Gasteiger partial charge in [-0.3, -0.25) is 0 Å². The Hall–Kier alpha value is -0.180. The first kappa shape index (κ1) is 9.90. The molecule has 0 aliphatic heterocycles. The van der Waals surface area contributed by atoms with Crippen molar-refractivity contribution in [3.63, 3.8) is 0 Å². The van der Waals surface area contributed by atoms with E-state index >= 15 is 0 Å². The number of benzene rings is 1. The van der Waals surface area contributed by atoms with Crippen molar-refractivity contribution in [2.45, 2.75) is 20.3 Å². The van der Waals surface area contributed by atoms with Crippen molar-refractivity contribution in [3.8, 4) is 0 Å². The topological polar surface area (TPSA) is 0 Å². The summed E-state index contributed by atoms with van der Waals surface area (Å²) in [5.41, 5.74) is 2.97. The lowest BCUT2D eigenvalue weighted by Gasteiger charge is -2.01. The van der Waals surface area contributed by atoms with Crippen molar-refractivity contribution in [2.75, 3.05) is 4.43 Å². The number of hydrogen-bond acceptors (Lipinski definition) is 0. The summed E-state index contributed by atoms with van der Waals surface area (Å²) in [5.74, 6) is 0. The molecule has 66 valence electrons. The minimum absolute atomic E-state index is 0.364. The SMILES string of the molecule is CC=ICCc1ccccc1C. The summed E-state index contributed by atoms with van der Waals surface area (Å²) in [6.07, 6.45) is 1.27. The quantitative estimate of drug-likeness (QED) is 0.586. The summed E-state index contributed by atoms with van der Waals surface area (Å²) in [6, 6.07) is 8.69. The van der Waals surface area contributed by atoms with Crippen LogP contribution in [0.4, 0.5) is 0 Å². The van der Waals surface area contributed by atoms with Gasteiger partial charge in [-0.1, -0.05) is 28.3 Å². The lowest BCUT2D eigenvalue weighted by Crippen LogP contribution is -1.89. The number of halogens is 1. The molecular formula is C11H15I. The monoisotopic (exact) mass is 274 g/mol. The molecule has 0 saturated heterocycles. The van der Waals surface area contributed by atoms with E-state index in [0.717, 1.165) is 0 Å². The minimum atomic E-state index is 0.364. The maximum atomic E-state index is 2.34. The van der Waals surface area contributed by atoms with Crippen molar-refractivity contribution in [3.05, 3.63) is 35.4 Å². The largest absolute Gasteiger partial charge is 0.127 e. The standard InChI is InChI=1S/C11H15I/c1-3-12-9-8-11-7-5-4-6-10(11)2/h3-7H,8-9H2,1-2H3. The predicted octanol–water partition coefficient (Wildman–Crippen LogP) is 3.33. The van der Waals surface area contributed by atoms with Crippen LogP contribution in [0, 0.1) is 6.92 Å². The van der Waals surface area contributed by atoms with Gasteiger partial charge >= 0.3 is 0 Å². The van der Waals surface area contributed by atoms with Gasteiger partial charge < -0.3 is 0 Å². The molecule has 1 heteroatoms. The van der Waals surface area contributed by atoms with Crippen LogP contribution in [-0.2, 0) is 6.42 Å². The van der Waals surface area contributed by atoms with Gasteiger partial charge in [0.2, 0.25) is 0 Å². The van der Waals surface area contributed by atoms with E-state index in [2.05, 4.69) is 42.1 Å². The smallest absolute Gasteiger partial charge is 0.00147 e. The van der Waals surface area contributed by atoms with Crippen molar-refractivity contribution in [1.29, 1.82) is 0 Å². The Morgan fingerprint density at radius 1 is 1.33 bits per heavy atom. The van der Waals surface area contributed by atoms with Crippen LogP contribution in [0.15, 0.2) is 24.3 Å². The number of alkyl halides is 1. The summed E-state index contributed by atoms with van der Waals surface area (Å²) in [5, 5.41) is 0. The van der Waals surface area contributed by atoms with E-state index < -0.39 is 0 Å². The highest BCUT2D eigenvalue weighted by atomic mass is 127. The third-order valence-corrected chi connectivity index (χ3v) is 3.93. The van der Waals surface area contributed by atoms with Gasteiger partial charge in [0.25, 0.3) is 0 Å². The van der Waals surface area contributed by atoms with Crippen LogP contribution >= 0.6 is 20.7 Å². The van der Waals surface area contributed by atoms with Crippen LogP contribution in [-0.4, -0.2) is 8.44 Å². The van der Waals surface area contributed by atoms with Gasteiger partial charge in [0.15, 0.2) is 0 Å². The Morgan fingerprint density at radius 3 is 2.75 bits per heavy atom. The molecule has 0 unspecified atom stereocenters. The fourth-order valence-electron chi connectivity index (χ4n) is 1.16. The van der Waals surface area contributed by atoms with Crippen molar-refractivity contribution < 1.29 is 0 Å². The van der Waals surface area contributed by atoms with Gasteiger partial charge in [-0.2, -0.15) is 0 Å². The molecule has 0 aliphatic carbocycles. The van der Waals surface area contributed by atoms with Gasteiger partial charge in [-0.15, -0.1) is 20.7 Å². The summed E-state index contributed by atoms with van der Waals surface area (Å²) < 4.78 is 3.73. The number of rotatable bonds is 3. The Balaban J connectivity index is 2.57. The highest BCUT2D eigenvalue weighted by Gasteiger charge is 1.93. The summed E-state index contributed by atoms with van der Waals surface area (Å²) >= 11 is 0.364. The van der Waals surface area contributed by atoms with Crippen molar-refractivity contribution >= 4 is 24.7 Å². The lowest BCUT2D eigenvalue weighted by atomic mass is 10.1. The molecule has 12 heavy (non-hydrogen) atoms. The first-order valence-corrected chi connectivity index (χ1v) is 7.01. The van der Waals surface area contributed by atoms with Crippen LogP contribution in [0.5, 0.6) is 0 Å². The zero-order valence-electron chi connectivity index (χ0n) is 7.68. The van der Waals surface area contributed by atoms with Crippen LogP contribution < -0.4 is 0 Å². The second-order valence-electron chi connectivity index (χ2n) is 2.74. The molecule has 0 heterocycles. The molecule has 1 rings (SSSR count). The molecule has 0 saturated carbocycles. The van der Waals surface area contributed by atoms with Crippen LogP contribution in [0.25, 0.3) is 0 Å². The van der Waals surface area contributed by atoms with E-state index in [0.29, 0.717) is 20.7 Å². The third-order valence-electron chi connectivity index (χ3n) is 1.89. The summed E-state index contributed by atoms with van der Waals surface area (Å²) in [7, 11) is 0. The van der Waals surface area contributed by atoms with Gasteiger partial charge in [0.05, 0.1) is 0 Å². The van der Waals surface area contributed by atoms with Crippen molar-refractivity contribution in [2.24, 2.45) is 0 Å². The van der Waals surface area contributed by atoms with E-state index in [1.807, 2.05) is 0 Å². The molecule has 0 fully saturated rings. The molecule has 0 bridgehead atoms. The Morgan fingerprint density at radius 2 is 2.08 bits per heavy atom. The van der Waals surface area contributed by atoms with Gasteiger partial charge in [-0.25, -0.2) is 0 Å². The van der Waals surface area contributed by atoms with E-state index in [1.54, 1.807) is 0 Å². The van der Waals surface area contributed by atoms with E-state index in [-0.39, 0.29) is 0 Å². The molecule has 0 radical (unpaired) electrons. The molecule has 0 nitrogen and oxygen atoms in total. The molecule has 1 aromatic carbocycles. The predicted molar refractivity (Wildman–Crippen MR) is 65.5 cm³/mol. The molecule has 0 aromatic heterocycles. The molecule has 0 N–H and O–H groups in total. The molecule has 1 aromatic rings. The second-order valence-corrected chi connectivity index (χ2v) is 5.94. The van der Waals surface area contributed by atoms with Gasteiger partial charge in [0.1, 0.15) is 0 Å². The first-order valence-electron chi connectivity index (χ1n) is 4.24. The summed E-state index contributed by atoms with van der Waals surface area (Å²) in [4.78, 5) is 0. The zero-order chi connectivity index (χ0) is 8.81. The highest BCUT2D eigenvalue weighted by molar-refractivity contribution is 14.2. The molecule has 0 aliphatic rings. The zero-order valence-corrected chi connectivity index (χ0v) is 9.84. The van der Waals surface area contributed by atoms with Crippen LogP contribution in [0.2, 0.25) is 0 Å². The second kappa shape index (κ2) is 5.46. The fourth-order valence-corrected chi connectivity index (χ4v) is 2.67. The molecule has 0 atom stereocenters. The molecular weight excluding hydrogens is 259 g/mol. The van der Waals surface area contributed by atoms with Crippen LogP contribution in [0.1, 0.15) is 18.1 Å². The Bertz CT molecular complexity index is 263. The average molecular weight is 274 g/mol. The van der Waals surface area contributed by atoms with Gasteiger partial charge in [0, 0.05) is 0 Å². The van der Waals surface area contributed by atoms with E-state index in [9.17, 15) is 0 Å².